The minimum absolute atomic E-state index is 0.0634. The summed E-state index contributed by atoms with van der Waals surface area (Å²) < 4.78 is 5.72. The van der Waals surface area contributed by atoms with E-state index in [9.17, 15) is 4.79 Å². The second kappa shape index (κ2) is 8.15. The first-order valence-electron chi connectivity index (χ1n) is 8.02. The van der Waals surface area contributed by atoms with E-state index in [2.05, 4.69) is 24.1 Å². The predicted molar refractivity (Wildman–Crippen MR) is 88.6 cm³/mol. The molecule has 1 amide bonds. The number of morpholine rings is 1. The van der Waals surface area contributed by atoms with E-state index in [0.29, 0.717) is 25.2 Å². The molecule has 0 bridgehead atoms. The fourth-order valence-electron chi connectivity index (χ4n) is 2.88. The number of carbonyl (C=O) groups is 1. The minimum atomic E-state index is 0.0634. The summed E-state index contributed by atoms with van der Waals surface area (Å²) in [6.07, 6.45) is 1.96. The molecule has 0 saturated carbocycles. The van der Waals surface area contributed by atoms with Crippen LogP contribution >= 0.6 is 0 Å². The van der Waals surface area contributed by atoms with Gasteiger partial charge in [0.2, 0.25) is 5.91 Å². The van der Waals surface area contributed by atoms with Crippen molar-refractivity contribution in [1.82, 2.24) is 10.2 Å². The van der Waals surface area contributed by atoms with E-state index >= 15 is 0 Å². The number of hydrogen-bond donors (Lipinski definition) is 2. The highest BCUT2D eigenvalue weighted by Crippen LogP contribution is 2.10. The second-order valence-corrected chi connectivity index (χ2v) is 6.14. The lowest BCUT2D eigenvalue weighted by molar-refractivity contribution is -0.120. The zero-order valence-corrected chi connectivity index (χ0v) is 13.5. The first-order valence-corrected chi connectivity index (χ1v) is 8.02. The Hall–Kier alpha value is -1.59. The van der Waals surface area contributed by atoms with Gasteiger partial charge in [-0.1, -0.05) is 12.1 Å². The van der Waals surface area contributed by atoms with Gasteiger partial charge in [-0.15, -0.1) is 0 Å². The summed E-state index contributed by atoms with van der Waals surface area (Å²) in [5.74, 6) is 0.0634. The van der Waals surface area contributed by atoms with Crippen molar-refractivity contribution >= 4 is 11.6 Å². The molecule has 22 heavy (non-hydrogen) atoms. The first-order chi connectivity index (χ1) is 10.5. The van der Waals surface area contributed by atoms with Crippen LogP contribution in [0.4, 0.5) is 5.69 Å². The fourth-order valence-corrected chi connectivity index (χ4v) is 2.88. The van der Waals surface area contributed by atoms with Crippen molar-refractivity contribution in [2.45, 2.75) is 38.9 Å². The van der Waals surface area contributed by atoms with Crippen molar-refractivity contribution in [2.75, 3.05) is 31.9 Å². The SMILES string of the molecule is CC1CN(CCCNC(=O)Cc2ccc(N)cc2)CC(C)O1. The third-order valence-electron chi connectivity index (χ3n) is 3.81. The Balaban J connectivity index is 1.62. The van der Waals surface area contributed by atoms with Crippen molar-refractivity contribution in [3.8, 4) is 0 Å². The number of nitrogens with one attached hydrogen (secondary N) is 1. The number of ether oxygens (including phenoxy) is 1. The van der Waals surface area contributed by atoms with Gasteiger partial charge >= 0.3 is 0 Å². The van der Waals surface area contributed by atoms with E-state index in [1.165, 1.54) is 0 Å². The molecule has 1 heterocycles. The Kier molecular flexibility index (Phi) is 6.21. The third-order valence-corrected chi connectivity index (χ3v) is 3.81. The maximum Gasteiger partial charge on any atom is 0.224 e. The molecule has 3 N–H and O–H groups in total. The van der Waals surface area contributed by atoms with Crippen LogP contribution in [-0.4, -0.2) is 49.2 Å². The molecule has 0 aliphatic carbocycles. The number of benzene rings is 1. The van der Waals surface area contributed by atoms with Crippen LogP contribution < -0.4 is 11.1 Å². The van der Waals surface area contributed by atoms with E-state index in [0.717, 1.165) is 37.3 Å². The summed E-state index contributed by atoms with van der Waals surface area (Å²) in [4.78, 5) is 14.3. The van der Waals surface area contributed by atoms with Gasteiger partial charge in [0.15, 0.2) is 0 Å². The van der Waals surface area contributed by atoms with Crippen molar-refractivity contribution in [2.24, 2.45) is 0 Å². The lowest BCUT2D eigenvalue weighted by atomic mass is 10.1. The standard InChI is InChI=1S/C17H27N3O2/c1-13-11-20(12-14(2)22-13)9-3-8-19-17(21)10-15-4-6-16(18)7-5-15/h4-7,13-14H,3,8-12,18H2,1-2H3,(H,19,21). The zero-order valence-electron chi connectivity index (χ0n) is 13.5. The van der Waals surface area contributed by atoms with E-state index in [-0.39, 0.29) is 5.91 Å². The van der Waals surface area contributed by atoms with Crippen LogP contribution in [0.1, 0.15) is 25.8 Å². The molecule has 122 valence electrons. The van der Waals surface area contributed by atoms with Gasteiger partial charge < -0.3 is 15.8 Å². The number of nitrogens with two attached hydrogens (primary N) is 1. The molecular weight excluding hydrogens is 278 g/mol. The molecule has 5 nitrogen and oxygen atoms in total. The minimum Gasteiger partial charge on any atom is -0.399 e. The molecular formula is C17H27N3O2. The largest absolute Gasteiger partial charge is 0.399 e. The molecule has 0 spiro atoms. The third kappa shape index (κ3) is 5.66. The summed E-state index contributed by atoms with van der Waals surface area (Å²) in [7, 11) is 0. The summed E-state index contributed by atoms with van der Waals surface area (Å²) in [5, 5.41) is 2.98. The van der Waals surface area contributed by atoms with Crippen molar-refractivity contribution < 1.29 is 9.53 Å². The van der Waals surface area contributed by atoms with Gasteiger partial charge in [-0.05, 0) is 38.0 Å². The molecule has 5 heteroatoms. The van der Waals surface area contributed by atoms with E-state index in [1.807, 2.05) is 24.3 Å². The molecule has 1 saturated heterocycles. The van der Waals surface area contributed by atoms with Gasteiger partial charge in [-0.25, -0.2) is 0 Å². The Morgan fingerprint density at radius 2 is 1.91 bits per heavy atom. The molecule has 1 fully saturated rings. The lowest BCUT2D eigenvalue weighted by Gasteiger charge is -2.35. The van der Waals surface area contributed by atoms with Gasteiger partial charge in [0.25, 0.3) is 0 Å². The topological polar surface area (TPSA) is 67.6 Å². The van der Waals surface area contributed by atoms with Gasteiger partial charge in [0.1, 0.15) is 0 Å². The van der Waals surface area contributed by atoms with Crippen molar-refractivity contribution in [1.29, 1.82) is 0 Å². The molecule has 2 atom stereocenters. The van der Waals surface area contributed by atoms with Crippen molar-refractivity contribution in [3.05, 3.63) is 29.8 Å². The number of rotatable bonds is 6. The van der Waals surface area contributed by atoms with E-state index < -0.39 is 0 Å². The first kappa shape index (κ1) is 16.8. The van der Waals surface area contributed by atoms with Crippen LogP contribution in [0, 0.1) is 0 Å². The van der Waals surface area contributed by atoms with Gasteiger partial charge in [-0.2, -0.15) is 0 Å². The van der Waals surface area contributed by atoms with Crippen LogP contribution in [0.3, 0.4) is 0 Å². The van der Waals surface area contributed by atoms with Gasteiger partial charge in [0.05, 0.1) is 18.6 Å². The second-order valence-electron chi connectivity index (χ2n) is 6.14. The Morgan fingerprint density at radius 1 is 1.27 bits per heavy atom. The average molecular weight is 305 g/mol. The van der Waals surface area contributed by atoms with E-state index in [4.69, 9.17) is 10.5 Å². The fraction of sp³-hybridized carbons (Fsp3) is 0.588. The highest BCUT2D eigenvalue weighted by molar-refractivity contribution is 5.78. The van der Waals surface area contributed by atoms with Crippen LogP contribution in [0.5, 0.6) is 0 Å². The molecule has 2 unspecified atom stereocenters. The highest BCUT2D eigenvalue weighted by Gasteiger charge is 2.21. The lowest BCUT2D eigenvalue weighted by Crippen LogP contribution is -2.46. The van der Waals surface area contributed by atoms with Gasteiger partial charge in [-0.3, -0.25) is 9.69 Å². The number of anilines is 1. The molecule has 0 aromatic heterocycles. The van der Waals surface area contributed by atoms with Crippen LogP contribution in [0.2, 0.25) is 0 Å². The summed E-state index contributed by atoms with van der Waals surface area (Å²) in [5.41, 5.74) is 7.34. The summed E-state index contributed by atoms with van der Waals surface area (Å²) in [6.45, 7) is 7.88. The number of hydrogen-bond acceptors (Lipinski definition) is 4. The van der Waals surface area contributed by atoms with Crippen LogP contribution in [0.25, 0.3) is 0 Å². The normalized spacial score (nSPS) is 22.5. The number of nitrogen functional groups attached to an aromatic ring is 1. The Morgan fingerprint density at radius 3 is 2.55 bits per heavy atom. The summed E-state index contributed by atoms with van der Waals surface area (Å²) in [6, 6.07) is 7.43. The number of nitrogens with zero attached hydrogens (tertiary/aromatic N) is 1. The highest BCUT2D eigenvalue weighted by atomic mass is 16.5. The van der Waals surface area contributed by atoms with Crippen LogP contribution in [-0.2, 0) is 16.0 Å². The zero-order chi connectivity index (χ0) is 15.9. The Labute approximate surface area is 132 Å². The number of carbonyl (C=O) groups excluding carboxylic acids is 1. The van der Waals surface area contributed by atoms with Crippen LogP contribution in [0.15, 0.2) is 24.3 Å². The summed E-state index contributed by atoms with van der Waals surface area (Å²) >= 11 is 0. The number of amides is 1. The molecule has 1 aliphatic heterocycles. The average Bonchev–Trinajstić information content (AvgIpc) is 2.45. The monoisotopic (exact) mass is 305 g/mol. The van der Waals surface area contributed by atoms with Crippen molar-refractivity contribution in [3.63, 3.8) is 0 Å². The molecule has 2 rings (SSSR count). The molecule has 1 aromatic rings. The quantitative estimate of drug-likeness (QED) is 0.616. The molecule has 1 aromatic carbocycles. The van der Waals surface area contributed by atoms with E-state index in [1.54, 1.807) is 0 Å². The Bertz CT molecular complexity index is 465. The maximum absolute atomic E-state index is 11.9. The predicted octanol–water partition coefficient (Wildman–Crippen LogP) is 1.43. The smallest absolute Gasteiger partial charge is 0.224 e. The maximum atomic E-state index is 11.9. The van der Waals surface area contributed by atoms with Gasteiger partial charge in [0, 0.05) is 31.9 Å². The molecule has 0 radical (unpaired) electrons. The molecule has 1 aliphatic rings.